The van der Waals surface area contributed by atoms with Gasteiger partial charge in [0.15, 0.2) is 0 Å². The number of carbonyl (C=O) groups excluding carboxylic acids is 2. The third-order valence-corrected chi connectivity index (χ3v) is 3.71. The highest BCUT2D eigenvalue weighted by atomic mass is 19.4. The van der Waals surface area contributed by atoms with Gasteiger partial charge in [0.05, 0.1) is 12.7 Å². The molecule has 0 radical (unpaired) electrons. The molecule has 0 aromatic heterocycles. The minimum absolute atomic E-state index is 0.0382. The Labute approximate surface area is 125 Å². The van der Waals surface area contributed by atoms with Crippen LogP contribution in [0.2, 0.25) is 0 Å². The predicted molar refractivity (Wildman–Crippen MR) is 71.9 cm³/mol. The van der Waals surface area contributed by atoms with Crippen molar-refractivity contribution in [2.24, 2.45) is 5.92 Å². The van der Waals surface area contributed by atoms with Crippen molar-refractivity contribution in [1.29, 1.82) is 0 Å². The number of carbonyl (C=O) groups is 2. The largest absolute Gasteiger partial charge is 0.468 e. The minimum Gasteiger partial charge on any atom is -0.468 e. The summed E-state index contributed by atoms with van der Waals surface area (Å²) in [5.74, 6) is -1.79. The van der Waals surface area contributed by atoms with E-state index in [0.29, 0.717) is 6.54 Å². The summed E-state index contributed by atoms with van der Waals surface area (Å²) in [5, 5.41) is 0. The summed E-state index contributed by atoms with van der Waals surface area (Å²) in [7, 11) is 1.19. The van der Waals surface area contributed by atoms with Crippen LogP contribution in [0, 0.1) is 5.92 Å². The van der Waals surface area contributed by atoms with Gasteiger partial charge in [0, 0.05) is 26.1 Å². The normalized spacial score (nSPS) is 20.0. The summed E-state index contributed by atoms with van der Waals surface area (Å²) in [6.45, 7) is 0.451. The maximum atomic E-state index is 13.0. The van der Waals surface area contributed by atoms with Crippen molar-refractivity contribution in [1.82, 2.24) is 4.90 Å². The zero-order valence-electron chi connectivity index (χ0n) is 12.0. The highest BCUT2D eigenvalue weighted by Crippen LogP contribution is 2.32. The molecule has 22 heavy (non-hydrogen) atoms. The quantitative estimate of drug-likeness (QED) is 0.634. The highest BCUT2D eigenvalue weighted by Gasteiger charge is 2.36. The average Bonchev–Trinajstić information content (AvgIpc) is 2.48. The predicted octanol–water partition coefficient (Wildman–Crippen LogP) is 2.27. The van der Waals surface area contributed by atoms with Crippen LogP contribution in [0.3, 0.4) is 0 Å². The molecule has 0 bridgehead atoms. The molecule has 0 saturated carbocycles. The molecule has 1 atom stereocenters. The number of hydrogen-bond acceptors (Lipinski definition) is 4. The Kier molecular flexibility index (Phi) is 4.85. The van der Waals surface area contributed by atoms with Crippen molar-refractivity contribution in [3.63, 3.8) is 0 Å². The maximum absolute atomic E-state index is 13.0. The molecule has 1 saturated heterocycles. The standard InChI is InChI=1S/C15H16F3NO3/c1-22-14(21)11-9-19(7-6-13(11)20)8-10-4-2-3-5-12(10)15(16,17)18/h2-5,11H,6-9H2,1H3. The number of rotatable bonds is 3. The number of alkyl halides is 3. The van der Waals surface area contributed by atoms with Crippen LogP contribution in [0.1, 0.15) is 17.5 Å². The van der Waals surface area contributed by atoms with Crippen LogP contribution in [0.25, 0.3) is 0 Å². The van der Waals surface area contributed by atoms with E-state index in [0.717, 1.165) is 6.07 Å². The summed E-state index contributed by atoms with van der Waals surface area (Å²) >= 11 is 0. The average molecular weight is 315 g/mol. The maximum Gasteiger partial charge on any atom is 0.416 e. The number of piperidine rings is 1. The molecule has 0 N–H and O–H groups in total. The molecule has 0 spiro atoms. The molecule has 7 heteroatoms. The van der Waals surface area contributed by atoms with Crippen LogP contribution >= 0.6 is 0 Å². The second kappa shape index (κ2) is 6.48. The molecule has 1 aliphatic heterocycles. The number of ether oxygens (including phenoxy) is 1. The van der Waals surface area contributed by atoms with Crippen molar-refractivity contribution < 1.29 is 27.5 Å². The first-order valence-electron chi connectivity index (χ1n) is 6.81. The fourth-order valence-electron chi connectivity index (χ4n) is 2.56. The zero-order chi connectivity index (χ0) is 16.3. The topological polar surface area (TPSA) is 46.6 Å². The second-order valence-electron chi connectivity index (χ2n) is 5.18. The molecule has 1 aromatic carbocycles. The Morgan fingerprint density at radius 2 is 2.05 bits per heavy atom. The Morgan fingerprint density at radius 3 is 2.68 bits per heavy atom. The van der Waals surface area contributed by atoms with Crippen molar-refractivity contribution in [2.45, 2.75) is 19.1 Å². The number of ketones is 1. The van der Waals surface area contributed by atoms with Gasteiger partial charge in [0.2, 0.25) is 0 Å². The van der Waals surface area contributed by atoms with Crippen LogP contribution in [0.5, 0.6) is 0 Å². The molecule has 0 amide bonds. The van der Waals surface area contributed by atoms with Gasteiger partial charge in [-0.1, -0.05) is 18.2 Å². The van der Waals surface area contributed by atoms with Crippen LogP contribution in [-0.4, -0.2) is 36.9 Å². The van der Waals surface area contributed by atoms with E-state index in [1.165, 1.54) is 25.3 Å². The lowest BCUT2D eigenvalue weighted by Gasteiger charge is -2.31. The van der Waals surface area contributed by atoms with Gasteiger partial charge in [-0.3, -0.25) is 14.5 Å². The Balaban J connectivity index is 2.15. The summed E-state index contributed by atoms with van der Waals surface area (Å²) in [6.07, 6.45) is -4.29. The molecule has 2 rings (SSSR count). The van der Waals surface area contributed by atoms with Gasteiger partial charge in [0.25, 0.3) is 0 Å². The van der Waals surface area contributed by atoms with Crippen LogP contribution < -0.4 is 0 Å². The third-order valence-electron chi connectivity index (χ3n) is 3.71. The van der Waals surface area contributed by atoms with E-state index in [2.05, 4.69) is 4.74 Å². The van der Waals surface area contributed by atoms with Crippen molar-refractivity contribution in [2.75, 3.05) is 20.2 Å². The number of likely N-dealkylation sites (tertiary alicyclic amines) is 1. The van der Waals surface area contributed by atoms with Crippen LogP contribution in [0.15, 0.2) is 24.3 Å². The first-order chi connectivity index (χ1) is 10.3. The van der Waals surface area contributed by atoms with Gasteiger partial charge in [-0.2, -0.15) is 13.2 Å². The molecule has 1 heterocycles. The minimum atomic E-state index is -4.43. The molecule has 1 aliphatic rings. The van der Waals surface area contributed by atoms with Crippen LogP contribution in [0.4, 0.5) is 13.2 Å². The summed E-state index contributed by atoms with van der Waals surface area (Å²) in [4.78, 5) is 24.9. The lowest BCUT2D eigenvalue weighted by atomic mass is 9.95. The highest BCUT2D eigenvalue weighted by molar-refractivity contribution is 5.99. The SMILES string of the molecule is COC(=O)C1CN(Cc2ccccc2C(F)(F)F)CCC1=O. The third kappa shape index (κ3) is 3.65. The van der Waals surface area contributed by atoms with E-state index in [9.17, 15) is 22.8 Å². The first kappa shape index (κ1) is 16.5. The second-order valence-corrected chi connectivity index (χ2v) is 5.18. The number of nitrogens with zero attached hydrogens (tertiary/aromatic N) is 1. The first-order valence-corrected chi connectivity index (χ1v) is 6.81. The summed E-state index contributed by atoms with van der Waals surface area (Å²) in [5.41, 5.74) is -0.561. The van der Waals surface area contributed by atoms with E-state index in [1.807, 2.05) is 0 Å². The number of halogens is 3. The molecular weight excluding hydrogens is 299 g/mol. The Morgan fingerprint density at radius 1 is 1.36 bits per heavy atom. The van der Waals surface area contributed by atoms with E-state index >= 15 is 0 Å². The van der Waals surface area contributed by atoms with Crippen molar-refractivity contribution in [3.8, 4) is 0 Å². The number of methoxy groups -OCH3 is 1. The van der Waals surface area contributed by atoms with Gasteiger partial charge >= 0.3 is 12.1 Å². The van der Waals surface area contributed by atoms with Gasteiger partial charge in [-0.25, -0.2) is 0 Å². The number of esters is 1. The molecule has 1 aromatic rings. The van der Waals surface area contributed by atoms with Gasteiger partial charge in [0.1, 0.15) is 11.7 Å². The van der Waals surface area contributed by atoms with Crippen molar-refractivity contribution >= 4 is 11.8 Å². The monoisotopic (exact) mass is 315 g/mol. The fourth-order valence-corrected chi connectivity index (χ4v) is 2.56. The van der Waals surface area contributed by atoms with E-state index in [4.69, 9.17) is 0 Å². The van der Waals surface area contributed by atoms with E-state index in [1.54, 1.807) is 4.90 Å². The van der Waals surface area contributed by atoms with Crippen LogP contribution in [-0.2, 0) is 27.0 Å². The van der Waals surface area contributed by atoms with Crippen molar-refractivity contribution in [3.05, 3.63) is 35.4 Å². The molecule has 1 fully saturated rings. The van der Waals surface area contributed by atoms with E-state index in [-0.39, 0.29) is 30.9 Å². The molecule has 0 aliphatic carbocycles. The number of hydrogen-bond donors (Lipinski definition) is 0. The van der Waals surface area contributed by atoms with Gasteiger partial charge < -0.3 is 4.74 Å². The lowest BCUT2D eigenvalue weighted by molar-refractivity contribution is -0.152. The van der Waals surface area contributed by atoms with Gasteiger partial charge in [-0.05, 0) is 11.6 Å². The number of benzene rings is 1. The smallest absolute Gasteiger partial charge is 0.416 e. The number of Topliss-reactive ketones (excluding diaryl/α,β-unsaturated/α-hetero) is 1. The zero-order valence-corrected chi connectivity index (χ0v) is 12.0. The molecule has 4 nitrogen and oxygen atoms in total. The summed E-state index contributed by atoms with van der Waals surface area (Å²) < 4.78 is 43.5. The lowest BCUT2D eigenvalue weighted by Crippen LogP contribution is -2.44. The molecule has 1 unspecified atom stereocenters. The fraction of sp³-hybridized carbons (Fsp3) is 0.467. The Bertz CT molecular complexity index is 563. The van der Waals surface area contributed by atoms with E-state index < -0.39 is 23.6 Å². The van der Waals surface area contributed by atoms with Gasteiger partial charge in [-0.15, -0.1) is 0 Å². The molecular formula is C15H16F3NO3. The molecule has 120 valence electrons. The Hall–Kier alpha value is -1.89. The summed E-state index contributed by atoms with van der Waals surface area (Å²) in [6, 6.07) is 5.31.